The van der Waals surface area contributed by atoms with E-state index in [1.54, 1.807) is 0 Å². The first-order chi connectivity index (χ1) is 8.39. The summed E-state index contributed by atoms with van der Waals surface area (Å²) in [6.45, 7) is 3.31. The van der Waals surface area contributed by atoms with Gasteiger partial charge in [0.15, 0.2) is 0 Å². The van der Waals surface area contributed by atoms with Gasteiger partial charge in [-0.3, -0.25) is 4.57 Å². The molecule has 0 spiro atoms. The van der Waals surface area contributed by atoms with Crippen molar-refractivity contribution < 1.29 is 9.09 Å². The highest BCUT2D eigenvalue weighted by atomic mass is 31.2. The second-order valence-corrected chi connectivity index (χ2v) is 6.96. The van der Waals surface area contributed by atoms with Crippen LogP contribution < -0.4 is 10.2 Å². The Morgan fingerprint density at radius 2 is 1.33 bits per heavy atom. The van der Waals surface area contributed by atoms with Crippen LogP contribution in [-0.4, -0.2) is 71.3 Å². The van der Waals surface area contributed by atoms with Crippen molar-refractivity contribution in [3.05, 3.63) is 0 Å². The summed E-state index contributed by atoms with van der Waals surface area (Å²) >= 11 is 0. The predicted molar refractivity (Wildman–Crippen MR) is 77.0 cm³/mol. The zero-order valence-corrected chi connectivity index (χ0v) is 13.3. The average molecular weight is 280 g/mol. The third-order valence-corrected chi connectivity index (χ3v) is 4.26. The van der Waals surface area contributed by atoms with Crippen LogP contribution in [0.5, 0.6) is 0 Å². The minimum atomic E-state index is -2.86. The van der Waals surface area contributed by atoms with Crippen molar-refractivity contribution in [2.75, 3.05) is 61.5 Å². The molecule has 2 N–H and O–H groups in total. The lowest BCUT2D eigenvalue weighted by Crippen LogP contribution is -2.28. The quantitative estimate of drug-likeness (QED) is 0.432. The highest BCUT2D eigenvalue weighted by Gasteiger charge is 2.19. The van der Waals surface area contributed by atoms with Gasteiger partial charge in [-0.2, -0.15) is 0 Å². The van der Waals surface area contributed by atoms with Crippen LogP contribution in [0.4, 0.5) is 0 Å². The molecule has 0 saturated heterocycles. The zero-order valence-electron chi connectivity index (χ0n) is 12.4. The Morgan fingerprint density at radius 1 is 0.944 bits per heavy atom. The van der Waals surface area contributed by atoms with Crippen molar-refractivity contribution in [2.45, 2.75) is 12.8 Å². The molecule has 0 aliphatic heterocycles. The Balaban J connectivity index is 3.77. The normalized spacial score (nSPS) is 12.6. The molecule has 0 fully saturated rings. The summed E-state index contributed by atoms with van der Waals surface area (Å²) in [6.07, 6.45) is 1.89. The van der Waals surface area contributed by atoms with Crippen molar-refractivity contribution in [1.29, 1.82) is 0 Å². The third-order valence-electron chi connectivity index (χ3n) is 2.46. The molecule has 0 rings (SSSR count). The lowest BCUT2D eigenvalue weighted by Gasteiger charge is -2.19. The Labute approximate surface area is 112 Å². The van der Waals surface area contributed by atoms with Crippen LogP contribution in [0.25, 0.3) is 0 Å². The molecule has 0 aliphatic rings. The fourth-order valence-corrected chi connectivity index (χ4v) is 2.70. The topological polar surface area (TPSA) is 56.8 Å². The first kappa shape index (κ1) is 18.0. The Kier molecular flexibility index (Phi) is 9.91. The van der Waals surface area contributed by atoms with E-state index in [4.69, 9.17) is 4.52 Å². The molecule has 0 aromatic carbocycles. The van der Waals surface area contributed by atoms with Crippen LogP contribution in [0.1, 0.15) is 12.8 Å². The zero-order chi connectivity index (χ0) is 14.0. The van der Waals surface area contributed by atoms with E-state index in [1.165, 1.54) is 7.11 Å². The van der Waals surface area contributed by atoms with Crippen molar-refractivity contribution in [2.24, 2.45) is 0 Å². The van der Waals surface area contributed by atoms with E-state index in [-0.39, 0.29) is 0 Å². The summed E-state index contributed by atoms with van der Waals surface area (Å²) in [4.78, 5) is 4.20. The van der Waals surface area contributed by atoms with Gasteiger partial charge in [0, 0.05) is 20.2 Å². The van der Waals surface area contributed by atoms with E-state index < -0.39 is 7.67 Å². The second-order valence-electron chi connectivity index (χ2n) is 4.86. The summed E-state index contributed by atoms with van der Waals surface area (Å²) in [6, 6.07) is 0. The summed E-state index contributed by atoms with van der Waals surface area (Å²) < 4.78 is 17.3. The summed E-state index contributed by atoms with van der Waals surface area (Å²) in [5, 5.41) is 5.94. The monoisotopic (exact) mass is 280 g/mol. The fourth-order valence-electron chi connectivity index (χ4n) is 1.43. The van der Waals surface area contributed by atoms with Crippen LogP contribution >= 0.6 is 7.67 Å². The van der Waals surface area contributed by atoms with Crippen molar-refractivity contribution in [1.82, 2.24) is 20.0 Å². The molecule has 0 amide bonds. The Bertz CT molecular complexity index is 229. The van der Waals surface area contributed by atoms with Gasteiger partial charge in [-0.25, -0.2) is 10.2 Å². The standard InChI is InChI=1S/C11H29N4O2P/c1-14(2)10-6-8-12-18(16,17-5)13-9-7-11-15(3)4/h6-11H2,1-5H3,(H2,12,13,16). The molecule has 0 saturated carbocycles. The molecule has 0 radical (unpaired) electrons. The van der Waals surface area contributed by atoms with E-state index >= 15 is 0 Å². The van der Waals surface area contributed by atoms with Gasteiger partial charge in [0.05, 0.1) is 0 Å². The molecule has 0 aromatic rings. The largest absolute Gasteiger partial charge is 0.340 e. The van der Waals surface area contributed by atoms with Crippen LogP contribution in [0.2, 0.25) is 0 Å². The molecule has 0 atom stereocenters. The molecule has 0 aromatic heterocycles. The van der Waals surface area contributed by atoms with E-state index in [0.29, 0.717) is 13.1 Å². The Hall–Kier alpha value is 0.0300. The first-order valence-electron chi connectivity index (χ1n) is 6.35. The lowest BCUT2D eigenvalue weighted by atomic mass is 10.4. The van der Waals surface area contributed by atoms with Gasteiger partial charge < -0.3 is 14.3 Å². The lowest BCUT2D eigenvalue weighted by molar-refractivity contribution is 0.357. The highest BCUT2D eigenvalue weighted by Crippen LogP contribution is 2.35. The van der Waals surface area contributed by atoms with E-state index in [1.807, 2.05) is 28.2 Å². The molecule has 0 bridgehead atoms. The van der Waals surface area contributed by atoms with Crippen molar-refractivity contribution in [3.63, 3.8) is 0 Å². The highest BCUT2D eigenvalue weighted by molar-refractivity contribution is 7.54. The van der Waals surface area contributed by atoms with Crippen LogP contribution in [0, 0.1) is 0 Å². The summed E-state index contributed by atoms with van der Waals surface area (Å²) in [7, 11) is 6.71. The van der Waals surface area contributed by atoms with Crippen LogP contribution in [0.15, 0.2) is 0 Å². The molecule has 7 heteroatoms. The minimum absolute atomic E-state index is 0.685. The van der Waals surface area contributed by atoms with Gasteiger partial charge in [-0.05, 0) is 54.1 Å². The molecule has 0 unspecified atom stereocenters. The van der Waals surface area contributed by atoms with Crippen LogP contribution in [-0.2, 0) is 9.09 Å². The smallest absolute Gasteiger partial charge is 0.310 e. The number of rotatable bonds is 11. The Morgan fingerprint density at radius 3 is 1.61 bits per heavy atom. The van der Waals surface area contributed by atoms with Gasteiger partial charge >= 0.3 is 7.67 Å². The molecule has 110 valence electrons. The van der Waals surface area contributed by atoms with Gasteiger partial charge in [0.1, 0.15) is 0 Å². The number of hydrogen-bond acceptors (Lipinski definition) is 4. The van der Waals surface area contributed by atoms with E-state index in [2.05, 4.69) is 20.0 Å². The van der Waals surface area contributed by atoms with Gasteiger partial charge in [0.2, 0.25) is 0 Å². The molecule has 0 heterocycles. The van der Waals surface area contributed by atoms with Crippen LogP contribution in [0.3, 0.4) is 0 Å². The maximum atomic E-state index is 12.2. The SMILES string of the molecule is COP(=O)(NCCCN(C)C)NCCCN(C)C. The molecular formula is C11H29N4O2P. The number of hydrogen-bond donors (Lipinski definition) is 2. The molecule has 6 nitrogen and oxygen atoms in total. The minimum Gasteiger partial charge on any atom is -0.310 e. The van der Waals surface area contributed by atoms with Gasteiger partial charge in [0.25, 0.3) is 0 Å². The van der Waals surface area contributed by atoms with Crippen molar-refractivity contribution in [3.8, 4) is 0 Å². The van der Waals surface area contributed by atoms with Gasteiger partial charge in [-0.1, -0.05) is 0 Å². The number of nitrogens with one attached hydrogen (secondary N) is 2. The maximum Gasteiger partial charge on any atom is 0.340 e. The molecular weight excluding hydrogens is 251 g/mol. The van der Waals surface area contributed by atoms with Gasteiger partial charge in [-0.15, -0.1) is 0 Å². The second kappa shape index (κ2) is 9.89. The first-order valence-corrected chi connectivity index (χ1v) is 7.97. The molecule has 0 aliphatic carbocycles. The van der Waals surface area contributed by atoms with E-state index in [9.17, 15) is 4.57 Å². The summed E-state index contributed by atoms with van der Waals surface area (Å²) in [5.41, 5.74) is 0. The fraction of sp³-hybridized carbons (Fsp3) is 1.00. The maximum absolute atomic E-state index is 12.2. The van der Waals surface area contributed by atoms with Crippen molar-refractivity contribution >= 4 is 7.67 Å². The number of nitrogens with zero attached hydrogens (tertiary/aromatic N) is 2. The predicted octanol–water partition coefficient (Wildman–Crippen LogP) is 0.824. The summed E-state index contributed by atoms with van der Waals surface area (Å²) in [5.74, 6) is 0. The third kappa shape index (κ3) is 10.00. The molecule has 18 heavy (non-hydrogen) atoms. The average Bonchev–Trinajstić information content (AvgIpc) is 2.30. The van der Waals surface area contributed by atoms with E-state index in [0.717, 1.165) is 25.9 Å².